The second-order valence-corrected chi connectivity index (χ2v) is 4.70. The number of rotatable bonds is 3. The summed E-state index contributed by atoms with van der Waals surface area (Å²) in [5, 5.41) is 9.30. The SMILES string of the molecule is CCCc1nnc2n1NC(c1ccco1)S2. The molecule has 1 N–H and O–H groups in total. The van der Waals surface area contributed by atoms with E-state index in [1.165, 1.54) is 0 Å². The third-order valence-corrected chi connectivity index (χ3v) is 3.49. The van der Waals surface area contributed by atoms with Crippen LogP contribution in [0.15, 0.2) is 28.0 Å². The molecule has 0 bridgehead atoms. The summed E-state index contributed by atoms with van der Waals surface area (Å²) in [7, 11) is 0. The highest BCUT2D eigenvalue weighted by molar-refractivity contribution is 7.99. The van der Waals surface area contributed by atoms with Crippen LogP contribution in [0.5, 0.6) is 0 Å². The summed E-state index contributed by atoms with van der Waals surface area (Å²) in [6.45, 7) is 2.13. The van der Waals surface area contributed by atoms with Crippen molar-refractivity contribution in [2.75, 3.05) is 5.43 Å². The minimum absolute atomic E-state index is 0.108. The summed E-state index contributed by atoms with van der Waals surface area (Å²) >= 11 is 1.63. The number of fused-ring (bicyclic) bond motifs is 1. The van der Waals surface area contributed by atoms with E-state index in [4.69, 9.17) is 4.42 Å². The Kier molecular flexibility index (Phi) is 2.36. The van der Waals surface area contributed by atoms with E-state index in [-0.39, 0.29) is 5.37 Å². The third kappa shape index (κ3) is 1.49. The standard InChI is InChI=1S/C10H12N4OS/c1-2-4-8-11-12-10-14(8)13-9(16-10)7-5-3-6-15-7/h3,5-6,9,13H,2,4H2,1H3. The van der Waals surface area contributed by atoms with Crippen molar-refractivity contribution in [3.05, 3.63) is 30.0 Å². The first-order valence-corrected chi connectivity index (χ1v) is 6.17. The van der Waals surface area contributed by atoms with Crippen LogP contribution in [-0.4, -0.2) is 14.9 Å². The van der Waals surface area contributed by atoms with Gasteiger partial charge in [-0.05, 0) is 30.3 Å². The van der Waals surface area contributed by atoms with Gasteiger partial charge in [-0.1, -0.05) is 6.92 Å². The minimum atomic E-state index is 0.108. The lowest BCUT2D eigenvalue weighted by Crippen LogP contribution is -2.15. The molecule has 3 rings (SSSR count). The summed E-state index contributed by atoms with van der Waals surface area (Å²) < 4.78 is 7.33. The third-order valence-electron chi connectivity index (χ3n) is 2.45. The minimum Gasteiger partial charge on any atom is -0.466 e. The van der Waals surface area contributed by atoms with Gasteiger partial charge in [-0.15, -0.1) is 10.2 Å². The van der Waals surface area contributed by atoms with Gasteiger partial charge >= 0.3 is 0 Å². The first-order chi connectivity index (χ1) is 7.88. The fraction of sp³-hybridized carbons (Fsp3) is 0.400. The number of nitrogens with one attached hydrogen (secondary N) is 1. The van der Waals surface area contributed by atoms with E-state index in [1.54, 1.807) is 18.0 Å². The molecule has 0 saturated heterocycles. The molecule has 1 unspecified atom stereocenters. The number of aromatic nitrogens is 3. The van der Waals surface area contributed by atoms with Crippen LogP contribution in [0.25, 0.3) is 0 Å². The second-order valence-electron chi connectivity index (χ2n) is 3.63. The Hall–Kier alpha value is -1.43. The Balaban J connectivity index is 1.84. The average molecular weight is 236 g/mol. The van der Waals surface area contributed by atoms with Crippen molar-refractivity contribution in [3.63, 3.8) is 0 Å². The predicted octanol–water partition coefficient (Wildman–Crippen LogP) is 2.17. The van der Waals surface area contributed by atoms with Gasteiger partial charge in [0, 0.05) is 6.42 Å². The predicted molar refractivity (Wildman–Crippen MR) is 60.7 cm³/mol. The summed E-state index contributed by atoms with van der Waals surface area (Å²) in [4.78, 5) is 0. The van der Waals surface area contributed by atoms with Crippen LogP contribution in [0.2, 0.25) is 0 Å². The van der Waals surface area contributed by atoms with Gasteiger partial charge in [0.15, 0.2) is 11.2 Å². The maximum absolute atomic E-state index is 5.37. The summed E-state index contributed by atoms with van der Waals surface area (Å²) in [5.74, 6) is 1.90. The van der Waals surface area contributed by atoms with Crippen molar-refractivity contribution in [1.29, 1.82) is 0 Å². The molecule has 3 heterocycles. The highest BCUT2D eigenvalue weighted by Crippen LogP contribution is 2.38. The Morgan fingerprint density at radius 2 is 2.50 bits per heavy atom. The Bertz CT molecular complexity index is 479. The van der Waals surface area contributed by atoms with E-state index >= 15 is 0 Å². The van der Waals surface area contributed by atoms with Crippen molar-refractivity contribution < 1.29 is 4.42 Å². The molecule has 1 aliphatic heterocycles. The highest BCUT2D eigenvalue weighted by atomic mass is 32.2. The highest BCUT2D eigenvalue weighted by Gasteiger charge is 2.28. The van der Waals surface area contributed by atoms with Crippen LogP contribution in [0.4, 0.5) is 0 Å². The second kappa shape index (κ2) is 3.86. The Labute approximate surface area is 97.2 Å². The number of aryl methyl sites for hydroxylation is 1. The normalized spacial score (nSPS) is 18.4. The molecular formula is C10H12N4OS. The number of nitrogens with zero attached hydrogens (tertiary/aromatic N) is 3. The largest absolute Gasteiger partial charge is 0.466 e. The fourth-order valence-corrected chi connectivity index (χ4v) is 2.67. The Morgan fingerprint density at radius 1 is 1.56 bits per heavy atom. The van der Waals surface area contributed by atoms with Gasteiger partial charge in [-0.2, -0.15) is 0 Å². The van der Waals surface area contributed by atoms with Gasteiger partial charge in [-0.25, -0.2) is 4.68 Å². The lowest BCUT2D eigenvalue weighted by molar-refractivity contribution is 0.507. The first-order valence-electron chi connectivity index (χ1n) is 5.29. The fourth-order valence-electron chi connectivity index (χ4n) is 1.70. The quantitative estimate of drug-likeness (QED) is 0.885. The van der Waals surface area contributed by atoms with Crippen LogP contribution in [-0.2, 0) is 6.42 Å². The lowest BCUT2D eigenvalue weighted by Gasteiger charge is -2.08. The van der Waals surface area contributed by atoms with Gasteiger partial charge in [0.1, 0.15) is 5.76 Å². The molecule has 16 heavy (non-hydrogen) atoms. The molecule has 0 aliphatic carbocycles. The summed E-state index contributed by atoms with van der Waals surface area (Å²) in [6.07, 6.45) is 3.69. The monoisotopic (exact) mass is 236 g/mol. The molecule has 1 atom stereocenters. The van der Waals surface area contributed by atoms with E-state index in [2.05, 4.69) is 22.5 Å². The molecule has 0 fully saturated rings. The molecule has 2 aromatic rings. The number of hydrogen-bond acceptors (Lipinski definition) is 5. The van der Waals surface area contributed by atoms with Gasteiger partial charge in [0.2, 0.25) is 5.16 Å². The molecule has 0 saturated carbocycles. The van der Waals surface area contributed by atoms with Crippen molar-refractivity contribution in [2.24, 2.45) is 0 Å². The maximum Gasteiger partial charge on any atom is 0.212 e. The van der Waals surface area contributed by atoms with Crippen molar-refractivity contribution >= 4 is 11.8 Å². The number of furan rings is 1. The van der Waals surface area contributed by atoms with E-state index in [1.807, 2.05) is 16.8 Å². The zero-order chi connectivity index (χ0) is 11.0. The molecule has 5 nitrogen and oxygen atoms in total. The van der Waals surface area contributed by atoms with Crippen molar-refractivity contribution in [3.8, 4) is 0 Å². The van der Waals surface area contributed by atoms with E-state index in [0.29, 0.717) is 0 Å². The van der Waals surface area contributed by atoms with E-state index < -0.39 is 0 Å². The lowest BCUT2D eigenvalue weighted by atomic mass is 10.3. The zero-order valence-electron chi connectivity index (χ0n) is 8.88. The van der Waals surface area contributed by atoms with Gasteiger partial charge in [0.05, 0.1) is 6.26 Å². The number of thioether (sulfide) groups is 1. The van der Waals surface area contributed by atoms with E-state index in [9.17, 15) is 0 Å². The topological polar surface area (TPSA) is 55.9 Å². The van der Waals surface area contributed by atoms with Crippen LogP contribution < -0.4 is 5.43 Å². The summed E-state index contributed by atoms with van der Waals surface area (Å²) in [6, 6.07) is 3.86. The molecule has 0 radical (unpaired) electrons. The van der Waals surface area contributed by atoms with Gasteiger partial charge in [-0.3, -0.25) is 0 Å². The van der Waals surface area contributed by atoms with Gasteiger partial charge in [0.25, 0.3) is 0 Å². The molecular weight excluding hydrogens is 224 g/mol. The molecule has 84 valence electrons. The molecule has 0 amide bonds. The zero-order valence-corrected chi connectivity index (χ0v) is 9.70. The molecule has 1 aliphatic rings. The van der Waals surface area contributed by atoms with Crippen LogP contribution in [0.3, 0.4) is 0 Å². The van der Waals surface area contributed by atoms with Crippen molar-refractivity contribution in [1.82, 2.24) is 14.9 Å². The summed E-state index contributed by atoms with van der Waals surface area (Å²) in [5.41, 5.74) is 3.33. The maximum atomic E-state index is 5.37. The van der Waals surface area contributed by atoms with Crippen LogP contribution in [0.1, 0.15) is 30.3 Å². The smallest absolute Gasteiger partial charge is 0.212 e. The van der Waals surface area contributed by atoms with Crippen molar-refractivity contribution in [2.45, 2.75) is 30.3 Å². The average Bonchev–Trinajstić information content (AvgIpc) is 2.93. The van der Waals surface area contributed by atoms with Crippen LogP contribution in [0, 0.1) is 0 Å². The Morgan fingerprint density at radius 3 is 3.25 bits per heavy atom. The van der Waals surface area contributed by atoms with Crippen LogP contribution >= 0.6 is 11.8 Å². The first kappa shape index (κ1) is 9.77. The number of hydrogen-bond donors (Lipinski definition) is 1. The molecule has 0 spiro atoms. The van der Waals surface area contributed by atoms with Gasteiger partial charge < -0.3 is 9.84 Å². The van der Waals surface area contributed by atoms with E-state index in [0.717, 1.165) is 29.6 Å². The molecule has 2 aromatic heterocycles. The molecule has 0 aromatic carbocycles. The molecule has 6 heteroatoms.